The van der Waals surface area contributed by atoms with Crippen LogP contribution >= 0.6 is 0 Å². The summed E-state index contributed by atoms with van der Waals surface area (Å²) in [5.41, 5.74) is 4.89. The van der Waals surface area contributed by atoms with Crippen molar-refractivity contribution in [2.75, 3.05) is 20.1 Å². The number of hydrogen-bond donors (Lipinski definition) is 0. The van der Waals surface area contributed by atoms with Crippen molar-refractivity contribution in [2.45, 2.75) is 12.8 Å². The van der Waals surface area contributed by atoms with Crippen molar-refractivity contribution < 1.29 is 0 Å². The molecule has 0 N–H and O–H groups in total. The average Bonchev–Trinajstić information content (AvgIpc) is 2.84. The maximum atomic E-state index is 4.53. The molecule has 3 rings (SSSR count). The molecule has 1 aromatic rings. The van der Waals surface area contributed by atoms with Crippen LogP contribution in [0.4, 0.5) is 0 Å². The number of rotatable bonds is 3. The Labute approximate surface area is 127 Å². The molecule has 108 valence electrons. The minimum atomic E-state index is 0.116. The number of aromatic nitrogens is 1. The Morgan fingerprint density at radius 3 is 2.52 bits per heavy atom. The third-order valence-corrected chi connectivity index (χ3v) is 4.77. The van der Waals surface area contributed by atoms with Gasteiger partial charge in [0.05, 0.1) is 5.69 Å². The summed E-state index contributed by atoms with van der Waals surface area (Å²) in [6.07, 6.45) is 10.5. The number of piperidine rings is 1. The Morgan fingerprint density at radius 1 is 1.19 bits per heavy atom. The third-order valence-electron chi connectivity index (χ3n) is 4.77. The lowest BCUT2D eigenvalue weighted by Crippen LogP contribution is -2.37. The molecule has 0 aromatic carbocycles. The third kappa shape index (κ3) is 2.30. The van der Waals surface area contributed by atoms with E-state index in [1.807, 2.05) is 30.5 Å². The van der Waals surface area contributed by atoms with Crippen molar-refractivity contribution in [3.05, 3.63) is 72.6 Å². The smallest absolute Gasteiger partial charge is 0.0705 e. The molecule has 0 amide bonds. The zero-order valence-electron chi connectivity index (χ0n) is 12.7. The van der Waals surface area contributed by atoms with Gasteiger partial charge in [0.2, 0.25) is 0 Å². The zero-order valence-corrected chi connectivity index (χ0v) is 12.7. The lowest BCUT2D eigenvalue weighted by molar-refractivity contribution is 0.197. The maximum absolute atomic E-state index is 4.53. The Morgan fingerprint density at radius 2 is 1.95 bits per heavy atom. The second kappa shape index (κ2) is 5.45. The van der Waals surface area contributed by atoms with E-state index in [1.165, 1.54) is 16.7 Å². The fraction of sp³-hybridized carbons (Fsp3) is 0.316. The number of nitrogens with zero attached hydrogens (tertiary/aromatic N) is 2. The molecule has 2 heteroatoms. The van der Waals surface area contributed by atoms with E-state index >= 15 is 0 Å². The van der Waals surface area contributed by atoms with Crippen LogP contribution in [0.3, 0.4) is 0 Å². The minimum absolute atomic E-state index is 0.116. The molecule has 21 heavy (non-hydrogen) atoms. The molecule has 1 spiro atoms. The molecule has 2 heterocycles. The second-order valence-corrected chi connectivity index (χ2v) is 5.97. The van der Waals surface area contributed by atoms with Gasteiger partial charge in [-0.3, -0.25) is 4.98 Å². The molecule has 0 radical (unpaired) electrons. The second-order valence-electron chi connectivity index (χ2n) is 5.97. The highest BCUT2D eigenvalue weighted by atomic mass is 15.1. The lowest BCUT2D eigenvalue weighted by atomic mass is 9.74. The summed E-state index contributed by atoms with van der Waals surface area (Å²) >= 11 is 0. The van der Waals surface area contributed by atoms with Crippen LogP contribution < -0.4 is 0 Å². The Bertz CT molecular complexity index is 614. The van der Waals surface area contributed by atoms with Gasteiger partial charge in [-0.1, -0.05) is 37.5 Å². The molecule has 2 aliphatic rings. The van der Waals surface area contributed by atoms with Crippen molar-refractivity contribution in [1.29, 1.82) is 0 Å². The van der Waals surface area contributed by atoms with Crippen LogP contribution in [0.2, 0.25) is 0 Å². The molecule has 1 aromatic heterocycles. The molecule has 2 nitrogen and oxygen atoms in total. The van der Waals surface area contributed by atoms with Crippen LogP contribution in [0.5, 0.6) is 0 Å². The highest BCUT2D eigenvalue weighted by Gasteiger charge is 2.40. The zero-order chi connectivity index (χ0) is 14.9. The van der Waals surface area contributed by atoms with Crippen LogP contribution in [0, 0.1) is 5.41 Å². The molecular weight excluding hydrogens is 256 g/mol. The molecule has 1 saturated heterocycles. The molecule has 0 bridgehead atoms. The topological polar surface area (TPSA) is 16.1 Å². The van der Waals surface area contributed by atoms with Gasteiger partial charge in [-0.25, -0.2) is 0 Å². The predicted molar refractivity (Wildman–Crippen MR) is 88.8 cm³/mol. The summed E-state index contributed by atoms with van der Waals surface area (Å²) in [5, 5.41) is 0. The monoisotopic (exact) mass is 278 g/mol. The first-order chi connectivity index (χ1) is 10.2. The van der Waals surface area contributed by atoms with Crippen LogP contribution in [0.15, 0.2) is 66.9 Å². The molecule has 0 unspecified atom stereocenters. The van der Waals surface area contributed by atoms with Crippen molar-refractivity contribution in [1.82, 2.24) is 9.88 Å². The summed E-state index contributed by atoms with van der Waals surface area (Å²) in [7, 11) is 2.19. The molecule has 1 fully saturated rings. The summed E-state index contributed by atoms with van der Waals surface area (Å²) < 4.78 is 0. The van der Waals surface area contributed by atoms with Crippen LogP contribution in [0.25, 0.3) is 5.57 Å². The Balaban J connectivity index is 2.10. The van der Waals surface area contributed by atoms with E-state index in [0.29, 0.717) is 0 Å². The van der Waals surface area contributed by atoms with Crippen LogP contribution in [-0.2, 0) is 0 Å². The first kappa shape index (κ1) is 14.0. The molecule has 0 saturated carbocycles. The fourth-order valence-corrected chi connectivity index (χ4v) is 3.54. The van der Waals surface area contributed by atoms with Gasteiger partial charge in [0.1, 0.15) is 0 Å². The Hall–Kier alpha value is -1.93. The van der Waals surface area contributed by atoms with Gasteiger partial charge in [-0.2, -0.15) is 0 Å². The number of pyridine rings is 1. The Kier molecular flexibility index (Phi) is 3.64. The first-order valence-corrected chi connectivity index (χ1v) is 7.53. The molecular formula is C19H22N2. The van der Waals surface area contributed by atoms with Crippen LogP contribution in [0.1, 0.15) is 18.5 Å². The van der Waals surface area contributed by atoms with Crippen molar-refractivity contribution in [2.24, 2.45) is 5.41 Å². The summed E-state index contributed by atoms with van der Waals surface area (Å²) in [6, 6.07) is 6.07. The number of likely N-dealkylation sites (tertiary alicyclic amines) is 1. The van der Waals surface area contributed by atoms with Gasteiger partial charge < -0.3 is 4.90 Å². The predicted octanol–water partition coefficient (Wildman–Crippen LogP) is 3.86. The number of hydrogen-bond acceptors (Lipinski definition) is 2. The van der Waals surface area contributed by atoms with Crippen molar-refractivity contribution >= 4 is 5.57 Å². The lowest BCUT2D eigenvalue weighted by Gasteiger charge is -2.38. The van der Waals surface area contributed by atoms with E-state index in [4.69, 9.17) is 0 Å². The summed E-state index contributed by atoms with van der Waals surface area (Å²) in [5.74, 6) is 0. The van der Waals surface area contributed by atoms with Crippen molar-refractivity contribution in [3.8, 4) is 0 Å². The molecule has 0 atom stereocenters. The van der Waals surface area contributed by atoms with Crippen molar-refractivity contribution in [3.63, 3.8) is 0 Å². The number of allylic oxidation sites excluding steroid dienone is 6. The van der Waals surface area contributed by atoms with E-state index in [2.05, 4.69) is 42.2 Å². The van der Waals surface area contributed by atoms with Gasteiger partial charge >= 0.3 is 0 Å². The van der Waals surface area contributed by atoms with Gasteiger partial charge in [-0.15, -0.1) is 0 Å². The fourth-order valence-electron chi connectivity index (χ4n) is 3.54. The quantitative estimate of drug-likeness (QED) is 0.834. The van der Waals surface area contributed by atoms with Gasteiger partial charge in [0, 0.05) is 17.2 Å². The normalized spacial score (nSPS) is 21.5. The van der Waals surface area contributed by atoms with Gasteiger partial charge in [0.25, 0.3) is 0 Å². The highest BCUT2D eigenvalue weighted by Crippen LogP contribution is 2.51. The SMILES string of the molecule is C=CC1=C(C=C)C2(C=C1c1ccccn1)CCN(C)CC2. The van der Waals surface area contributed by atoms with E-state index in [-0.39, 0.29) is 5.41 Å². The van der Waals surface area contributed by atoms with E-state index in [0.717, 1.165) is 31.6 Å². The largest absolute Gasteiger partial charge is 0.306 e. The van der Waals surface area contributed by atoms with E-state index < -0.39 is 0 Å². The minimum Gasteiger partial charge on any atom is -0.306 e. The highest BCUT2D eigenvalue weighted by molar-refractivity contribution is 5.86. The molecule has 1 aliphatic heterocycles. The molecule has 1 aliphatic carbocycles. The van der Waals surface area contributed by atoms with Crippen LogP contribution in [-0.4, -0.2) is 30.0 Å². The van der Waals surface area contributed by atoms with E-state index in [9.17, 15) is 0 Å². The maximum Gasteiger partial charge on any atom is 0.0705 e. The average molecular weight is 278 g/mol. The summed E-state index contributed by atoms with van der Waals surface area (Å²) in [6.45, 7) is 10.3. The summed E-state index contributed by atoms with van der Waals surface area (Å²) in [4.78, 5) is 6.92. The first-order valence-electron chi connectivity index (χ1n) is 7.53. The van der Waals surface area contributed by atoms with Gasteiger partial charge in [-0.05, 0) is 56.3 Å². The van der Waals surface area contributed by atoms with E-state index in [1.54, 1.807) is 0 Å². The standard InChI is InChI=1S/C19H22N2/c1-4-15-16(18-8-6-7-11-20-18)14-19(17(15)5-2)9-12-21(3)13-10-19/h4-8,11,14H,1-2,9-10,12-13H2,3H3. The van der Waals surface area contributed by atoms with Gasteiger partial charge in [0.15, 0.2) is 0 Å².